The lowest BCUT2D eigenvalue weighted by Gasteiger charge is -2.10. The van der Waals surface area contributed by atoms with Gasteiger partial charge in [-0.3, -0.25) is 19.6 Å². The van der Waals surface area contributed by atoms with Gasteiger partial charge in [0.25, 0.3) is 0 Å². The van der Waals surface area contributed by atoms with E-state index in [0.717, 1.165) is 47.1 Å². The van der Waals surface area contributed by atoms with Crippen LogP contribution in [0.1, 0.15) is 40.5 Å². The Morgan fingerprint density at radius 1 is 0.951 bits per heavy atom. The van der Waals surface area contributed by atoms with Crippen LogP contribution in [0.5, 0.6) is 5.75 Å². The van der Waals surface area contributed by atoms with Gasteiger partial charge in [0.15, 0.2) is 5.82 Å². The molecule has 2 N–H and O–H groups in total. The van der Waals surface area contributed by atoms with Crippen LogP contribution < -0.4 is 15.4 Å². The molecule has 3 aromatic heterocycles. The van der Waals surface area contributed by atoms with Crippen molar-refractivity contribution in [3.05, 3.63) is 70.1 Å². The molecule has 0 unspecified atom stereocenters. The monoisotopic (exact) mass is 588 g/mol. The number of nitrogens with zero attached hydrogens (tertiary/aromatic N) is 6. The standard InChI is InChI=1S/C26H27F3N8O3S/c1-16-12-17(2)37(36-16)15-23(39)31-25-35-34-24(41-25)9-4-3-7-19-10-11-21(33-32-19)30-22(38)14-18-6-5-8-20(13-18)40-26(27,28)29/h5-6,8,10-13H,3-4,7,9,14-15H2,1-2H3,(H,30,33,38)(H,31,35,39). The molecule has 0 bridgehead atoms. The van der Waals surface area contributed by atoms with Gasteiger partial charge < -0.3 is 10.1 Å². The first-order chi connectivity index (χ1) is 19.5. The summed E-state index contributed by atoms with van der Waals surface area (Å²) in [6, 6.07) is 10.5. The van der Waals surface area contributed by atoms with Crippen LogP contribution in [0.25, 0.3) is 0 Å². The smallest absolute Gasteiger partial charge is 0.406 e. The maximum absolute atomic E-state index is 12.4. The number of rotatable bonds is 12. The zero-order valence-corrected chi connectivity index (χ0v) is 23.1. The van der Waals surface area contributed by atoms with Crippen LogP contribution in [0.4, 0.5) is 24.1 Å². The van der Waals surface area contributed by atoms with E-state index in [2.05, 4.69) is 40.9 Å². The lowest BCUT2D eigenvalue weighted by molar-refractivity contribution is -0.274. The molecule has 0 aliphatic rings. The van der Waals surface area contributed by atoms with Crippen molar-refractivity contribution in [2.24, 2.45) is 0 Å². The third-order valence-electron chi connectivity index (χ3n) is 5.67. The maximum atomic E-state index is 12.4. The number of carbonyl (C=O) groups excluding carboxylic acids is 2. The Bertz CT molecular complexity index is 1490. The molecule has 0 spiro atoms. The summed E-state index contributed by atoms with van der Waals surface area (Å²) >= 11 is 1.33. The predicted octanol–water partition coefficient (Wildman–Crippen LogP) is 4.43. The second-order valence-electron chi connectivity index (χ2n) is 9.17. The molecular weight excluding hydrogens is 561 g/mol. The molecular formula is C26H27F3N8O3S. The SMILES string of the molecule is Cc1cc(C)n(CC(=O)Nc2nnc(CCCCc3ccc(NC(=O)Cc4cccc(OC(F)(F)F)c4)nn3)s2)n1. The third-order valence-corrected chi connectivity index (χ3v) is 6.57. The Hall–Kier alpha value is -4.40. The zero-order valence-electron chi connectivity index (χ0n) is 22.2. The molecule has 216 valence electrons. The average molecular weight is 589 g/mol. The van der Waals surface area contributed by atoms with Crippen LogP contribution >= 0.6 is 11.3 Å². The van der Waals surface area contributed by atoms with Gasteiger partial charge in [-0.25, -0.2) is 0 Å². The van der Waals surface area contributed by atoms with Gasteiger partial charge in [-0.05, 0) is 69.0 Å². The fourth-order valence-corrected chi connectivity index (χ4v) is 4.70. The molecule has 0 saturated carbocycles. The molecule has 0 fully saturated rings. The number of aromatic nitrogens is 6. The van der Waals surface area contributed by atoms with Crippen LogP contribution in [-0.2, 0) is 35.4 Å². The van der Waals surface area contributed by atoms with Crippen molar-refractivity contribution in [1.82, 2.24) is 30.2 Å². The number of alkyl halides is 3. The van der Waals surface area contributed by atoms with E-state index in [1.807, 2.05) is 19.9 Å². The highest BCUT2D eigenvalue weighted by molar-refractivity contribution is 7.15. The summed E-state index contributed by atoms with van der Waals surface area (Å²) < 4.78 is 42.7. The third kappa shape index (κ3) is 9.63. The minimum atomic E-state index is -4.81. The van der Waals surface area contributed by atoms with Crippen LogP contribution in [0, 0.1) is 13.8 Å². The minimum Gasteiger partial charge on any atom is -0.406 e. The second kappa shape index (κ2) is 13.3. The van der Waals surface area contributed by atoms with Gasteiger partial charge in [0.1, 0.15) is 17.3 Å². The molecule has 4 aromatic rings. The van der Waals surface area contributed by atoms with Crippen molar-refractivity contribution in [1.29, 1.82) is 0 Å². The van der Waals surface area contributed by atoms with E-state index in [1.54, 1.807) is 16.8 Å². The van der Waals surface area contributed by atoms with Gasteiger partial charge >= 0.3 is 6.36 Å². The summed E-state index contributed by atoms with van der Waals surface area (Å²) in [6.45, 7) is 3.87. The Morgan fingerprint density at radius 3 is 2.46 bits per heavy atom. The Labute approximate surface area is 237 Å². The molecule has 0 atom stereocenters. The Balaban J connectivity index is 1.16. The molecule has 15 heteroatoms. The highest BCUT2D eigenvalue weighted by Crippen LogP contribution is 2.23. The van der Waals surface area contributed by atoms with E-state index in [9.17, 15) is 22.8 Å². The molecule has 1 aromatic carbocycles. The van der Waals surface area contributed by atoms with Gasteiger partial charge in [0.05, 0.1) is 17.8 Å². The summed E-state index contributed by atoms with van der Waals surface area (Å²) in [6.07, 6.45) is -1.96. The highest BCUT2D eigenvalue weighted by atomic mass is 32.1. The van der Waals surface area contributed by atoms with E-state index in [-0.39, 0.29) is 24.7 Å². The number of ether oxygens (including phenoxy) is 1. The normalized spacial score (nSPS) is 11.3. The molecule has 0 radical (unpaired) electrons. The Morgan fingerprint density at radius 2 is 1.76 bits per heavy atom. The molecule has 41 heavy (non-hydrogen) atoms. The van der Waals surface area contributed by atoms with E-state index in [4.69, 9.17) is 0 Å². The molecule has 11 nitrogen and oxygen atoms in total. The summed E-state index contributed by atoms with van der Waals surface area (Å²) in [5.74, 6) is -0.822. The largest absolute Gasteiger partial charge is 0.573 e. The van der Waals surface area contributed by atoms with Gasteiger partial charge in [0, 0.05) is 12.1 Å². The molecule has 0 aliphatic carbocycles. The van der Waals surface area contributed by atoms with E-state index < -0.39 is 18.0 Å². The number of nitrogens with one attached hydrogen (secondary N) is 2. The van der Waals surface area contributed by atoms with Crippen LogP contribution in [0.2, 0.25) is 0 Å². The number of benzene rings is 1. The number of halogens is 3. The van der Waals surface area contributed by atoms with Crippen molar-refractivity contribution >= 4 is 34.1 Å². The lowest BCUT2D eigenvalue weighted by atomic mass is 10.1. The van der Waals surface area contributed by atoms with Crippen molar-refractivity contribution in [2.45, 2.75) is 58.9 Å². The maximum Gasteiger partial charge on any atom is 0.573 e. The number of carbonyl (C=O) groups is 2. The zero-order chi connectivity index (χ0) is 29.4. The van der Waals surface area contributed by atoms with Gasteiger partial charge in [-0.1, -0.05) is 23.5 Å². The predicted molar refractivity (Wildman–Crippen MR) is 144 cm³/mol. The first-order valence-electron chi connectivity index (χ1n) is 12.6. The van der Waals surface area contributed by atoms with Crippen molar-refractivity contribution < 1.29 is 27.5 Å². The molecule has 3 heterocycles. The quantitative estimate of drug-likeness (QED) is 0.232. The van der Waals surface area contributed by atoms with Crippen LogP contribution in [0.15, 0.2) is 42.5 Å². The molecule has 0 aliphatic heterocycles. The van der Waals surface area contributed by atoms with E-state index in [1.165, 1.54) is 23.5 Å². The number of anilines is 2. The minimum absolute atomic E-state index is 0.104. The Kier molecular flexibility index (Phi) is 9.60. The van der Waals surface area contributed by atoms with Crippen LogP contribution in [0.3, 0.4) is 0 Å². The summed E-state index contributed by atoms with van der Waals surface area (Å²) in [4.78, 5) is 24.6. The number of hydrogen-bond donors (Lipinski definition) is 2. The van der Waals surface area contributed by atoms with E-state index >= 15 is 0 Å². The second-order valence-corrected chi connectivity index (χ2v) is 10.2. The highest BCUT2D eigenvalue weighted by Gasteiger charge is 2.31. The van der Waals surface area contributed by atoms with Crippen LogP contribution in [-0.4, -0.2) is 48.4 Å². The van der Waals surface area contributed by atoms with Crippen molar-refractivity contribution in [3.63, 3.8) is 0 Å². The van der Waals surface area contributed by atoms with Crippen molar-refractivity contribution in [3.8, 4) is 5.75 Å². The fraction of sp³-hybridized carbons (Fsp3) is 0.346. The summed E-state index contributed by atoms with van der Waals surface area (Å²) in [5, 5.41) is 27.2. The number of unbranched alkanes of at least 4 members (excludes halogenated alkanes) is 1. The van der Waals surface area contributed by atoms with Crippen molar-refractivity contribution in [2.75, 3.05) is 10.6 Å². The number of aryl methyl sites for hydroxylation is 4. The van der Waals surface area contributed by atoms with E-state index in [0.29, 0.717) is 23.5 Å². The van der Waals surface area contributed by atoms with Gasteiger partial charge in [-0.15, -0.1) is 28.5 Å². The summed E-state index contributed by atoms with van der Waals surface area (Å²) in [7, 11) is 0. The molecule has 4 rings (SSSR count). The van der Waals surface area contributed by atoms with Gasteiger partial charge in [0.2, 0.25) is 16.9 Å². The number of amides is 2. The first-order valence-corrected chi connectivity index (χ1v) is 13.4. The first kappa shape index (κ1) is 29.6. The lowest BCUT2D eigenvalue weighted by Crippen LogP contribution is -2.20. The fourth-order valence-electron chi connectivity index (χ4n) is 3.90. The van der Waals surface area contributed by atoms with Gasteiger partial charge in [-0.2, -0.15) is 10.2 Å². The molecule has 0 saturated heterocycles. The average Bonchev–Trinajstić information content (AvgIpc) is 3.46. The topological polar surface area (TPSA) is 137 Å². The molecule has 2 amide bonds. The summed E-state index contributed by atoms with van der Waals surface area (Å²) in [5.41, 5.74) is 2.86. The number of hydrogen-bond acceptors (Lipinski definition) is 9.